The molecule has 2 aliphatic rings. The first-order chi connectivity index (χ1) is 10.8. The number of allylic oxidation sites excluding steroid dienone is 2. The molecule has 1 aromatic carbocycles. The SMILES string of the molecule is COc1ccccc1[C@@H]1CC(=O)N(C)C2=C1C(=O)CC(C)(C)C2. The second kappa shape index (κ2) is 5.52. The molecule has 1 amide bonds. The van der Waals surface area contributed by atoms with Crippen LogP contribution < -0.4 is 4.74 Å². The highest BCUT2D eigenvalue weighted by Gasteiger charge is 2.43. The zero-order chi connectivity index (χ0) is 16.8. The number of rotatable bonds is 2. The normalized spacial score (nSPS) is 23.8. The van der Waals surface area contributed by atoms with Gasteiger partial charge >= 0.3 is 0 Å². The predicted molar refractivity (Wildman–Crippen MR) is 88.2 cm³/mol. The van der Waals surface area contributed by atoms with Gasteiger partial charge in [0, 0.05) is 42.6 Å². The van der Waals surface area contributed by atoms with Crippen LogP contribution in [0.4, 0.5) is 0 Å². The summed E-state index contributed by atoms with van der Waals surface area (Å²) < 4.78 is 5.46. The number of para-hydroxylation sites is 1. The van der Waals surface area contributed by atoms with Gasteiger partial charge in [-0.15, -0.1) is 0 Å². The van der Waals surface area contributed by atoms with Gasteiger partial charge < -0.3 is 9.64 Å². The third-order valence-corrected chi connectivity index (χ3v) is 4.92. The van der Waals surface area contributed by atoms with Crippen LogP contribution in [0.1, 0.15) is 44.6 Å². The average Bonchev–Trinajstić information content (AvgIpc) is 2.50. The number of ether oxygens (including phenoxy) is 1. The van der Waals surface area contributed by atoms with Gasteiger partial charge in [-0.05, 0) is 17.9 Å². The van der Waals surface area contributed by atoms with Crippen molar-refractivity contribution < 1.29 is 14.3 Å². The highest BCUT2D eigenvalue weighted by molar-refractivity contribution is 6.02. The van der Waals surface area contributed by atoms with E-state index in [0.29, 0.717) is 12.8 Å². The molecule has 0 bridgehead atoms. The third kappa shape index (κ3) is 2.67. The summed E-state index contributed by atoms with van der Waals surface area (Å²) >= 11 is 0. The maximum Gasteiger partial charge on any atom is 0.227 e. The van der Waals surface area contributed by atoms with Crippen LogP contribution >= 0.6 is 0 Å². The largest absolute Gasteiger partial charge is 0.496 e. The number of benzene rings is 1. The van der Waals surface area contributed by atoms with Crippen molar-refractivity contribution in [3.05, 3.63) is 41.1 Å². The molecule has 4 heteroatoms. The third-order valence-electron chi connectivity index (χ3n) is 4.92. The molecule has 3 rings (SSSR count). The van der Waals surface area contributed by atoms with E-state index < -0.39 is 0 Å². The fourth-order valence-corrected chi connectivity index (χ4v) is 3.78. The van der Waals surface area contributed by atoms with Gasteiger partial charge in [-0.3, -0.25) is 9.59 Å². The molecule has 1 aliphatic heterocycles. The lowest BCUT2D eigenvalue weighted by Gasteiger charge is -2.41. The molecule has 23 heavy (non-hydrogen) atoms. The number of carbonyl (C=O) groups excluding carboxylic acids is 2. The highest BCUT2D eigenvalue weighted by atomic mass is 16.5. The van der Waals surface area contributed by atoms with Crippen molar-refractivity contribution in [2.45, 2.75) is 39.0 Å². The van der Waals surface area contributed by atoms with E-state index >= 15 is 0 Å². The van der Waals surface area contributed by atoms with E-state index in [1.54, 1.807) is 19.1 Å². The standard InChI is InChI=1S/C19H23NO3/c1-19(2)10-14-18(15(21)11-19)13(9-17(22)20(14)3)12-7-5-6-8-16(12)23-4/h5-8,13H,9-11H2,1-4H3/t13-/m0/s1. The lowest BCUT2D eigenvalue weighted by molar-refractivity contribution is -0.130. The van der Waals surface area contributed by atoms with Crippen molar-refractivity contribution >= 4 is 11.7 Å². The molecule has 1 aromatic rings. The number of carbonyl (C=O) groups is 2. The molecule has 0 unspecified atom stereocenters. The fraction of sp³-hybridized carbons (Fsp3) is 0.474. The van der Waals surface area contributed by atoms with Gasteiger partial charge in [-0.25, -0.2) is 0 Å². The maximum absolute atomic E-state index is 12.8. The van der Waals surface area contributed by atoms with Crippen molar-refractivity contribution in [3.63, 3.8) is 0 Å². The molecule has 0 aromatic heterocycles. The molecule has 0 N–H and O–H groups in total. The Balaban J connectivity index is 2.16. The first-order valence-electron chi connectivity index (χ1n) is 8.00. The lowest BCUT2D eigenvalue weighted by Crippen LogP contribution is -2.41. The molecule has 0 saturated carbocycles. The molecule has 1 atom stereocenters. The van der Waals surface area contributed by atoms with Gasteiger partial charge in [0.15, 0.2) is 5.78 Å². The Labute approximate surface area is 137 Å². The van der Waals surface area contributed by atoms with Crippen LogP contribution in [0.15, 0.2) is 35.5 Å². The summed E-state index contributed by atoms with van der Waals surface area (Å²) in [4.78, 5) is 27.0. The number of hydrogen-bond acceptors (Lipinski definition) is 3. The van der Waals surface area contributed by atoms with E-state index in [4.69, 9.17) is 4.74 Å². The molecule has 0 saturated heterocycles. The molecule has 1 aliphatic carbocycles. The van der Waals surface area contributed by atoms with Crippen molar-refractivity contribution in [2.24, 2.45) is 5.41 Å². The van der Waals surface area contributed by atoms with Crippen LogP contribution in [0.2, 0.25) is 0 Å². The molecular weight excluding hydrogens is 290 g/mol. The second-order valence-electron chi connectivity index (χ2n) is 7.25. The highest BCUT2D eigenvalue weighted by Crippen LogP contribution is 2.47. The van der Waals surface area contributed by atoms with Crippen LogP contribution in [0.3, 0.4) is 0 Å². The Morgan fingerprint density at radius 1 is 1.17 bits per heavy atom. The van der Waals surface area contributed by atoms with Crippen molar-refractivity contribution in [2.75, 3.05) is 14.2 Å². The summed E-state index contributed by atoms with van der Waals surface area (Å²) in [5, 5.41) is 0. The topological polar surface area (TPSA) is 46.6 Å². The van der Waals surface area contributed by atoms with E-state index in [0.717, 1.165) is 29.0 Å². The van der Waals surface area contributed by atoms with Crippen molar-refractivity contribution in [3.8, 4) is 5.75 Å². The van der Waals surface area contributed by atoms with E-state index in [9.17, 15) is 9.59 Å². The Hall–Kier alpha value is -2.10. The van der Waals surface area contributed by atoms with E-state index in [1.807, 2.05) is 24.3 Å². The first-order valence-corrected chi connectivity index (χ1v) is 8.00. The van der Waals surface area contributed by atoms with Crippen LogP contribution in [0.5, 0.6) is 5.75 Å². The number of methoxy groups -OCH3 is 1. The van der Waals surface area contributed by atoms with E-state index in [2.05, 4.69) is 13.8 Å². The van der Waals surface area contributed by atoms with Crippen LogP contribution in [-0.2, 0) is 9.59 Å². The number of hydrogen-bond donors (Lipinski definition) is 0. The molecule has 122 valence electrons. The molecule has 4 nitrogen and oxygen atoms in total. The Bertz CT molecular complexity index is 702. The average molecular weight is 313 g/mol. The molecule has 1 heterocycles. The zero-order valence-electron chi connectivity index (χ0n) is 14.2. The van der Waals surface area contributed by atoms with Crippen LogP contribution in [0, 0.1) is 5.41 Å². The van der Waals surface area contributed by atoms with Crippen molar-refractivity contribution in [1.82, 2.24) is 4.90 Å². The Kier molecular flexibility index (Phi) is 3.78. The smallest absolute Gasteiger partial charge is 0.227 e. The summed E-state index contributed by atoms with van der Waals surface area (Å²) in [6, 6.07) is 7.67. The number of ketones is 1. The fourth-order valence-electron chi connectivity index (χ4n) is 3.78. The minimum atomic E-state index is -0.201. The van der Waals surface area contributed by atoms with Gasteiger partial charge in [0.05, 0.1) is 7.11 Å². The quantitative estimate of drug-likeness (QED) is 0.842. The van der Waals surface area contributed by atoms with Gasteiger partial charge in [0.25, 0.3) is 0 Å². The van der Waals surface area contributed by atoms with Gasteiger partial charge in [0.2, 0.25) is 5.91 Å². The summed E-state index contributed by atoms with van der Waals surface area (Å²) in [5.41, 5.74) is 2.51. The number of amides is 1. The van der Waals surface area contributed by atoms with Crippen molar-refractivity contribution in [1.29, 1.82) is 0 Å². The van der Waals surface area contributed by atoms with E-state index in [-0.39, 0.29) is 23.0 Å². The summed E-state index contributed by atoms with van der Waals surface area (Å²) in [6.45, 7) is 4.17. The second-order valence-corrected chi connectivity index (χ2v) is 7.25. The van der Waals surface area contributed by atoms with Crippen LogP contribution in [-0.4, -0.2) is 30.7 Å². The summed E-state index contributed by atoms with van der Waals surface area (Å²) in [5.74, 6) is 0.754. The van der Waals surface area contributed by atoms with Gasteiger partial charge in [-0.2, -0.15) is 0 Å². The molecule has 0 fully saturated rings. The molecule has 0 radical (unpaired) electrons. The van der Waals surface area contributed by atoms with E-state index in [1.165, 1.54) is 0 Å². The Morgan fingerprint density at radius 2 is 1.87 bits per heavy atom. The molecule has 0 spiro atoms. The summed E-state index contributed by atoms with van der Waals surface area (Å²) in [6.07, 6.45) is 1.60. The van der Waals surface area contributed by atoms with Crippen LogP contribution in [0.25, 0.3) is 0 Å². The maximum atomic E-state index is 12.8. The minimum absolute atomic E-state index is 0.0603. The monoisotopic (exact) mass is 313 g/mol. The molecular formula is C19H23NO3. The summed E-state index contributed by atoms with van der Waals surface area (Å²) in [7, 11) is 3.40. The Morgan fingerprint density at radius 3 is 2.57 bits per heavy atom. The minimum Gasteiger partial charge on any atom is -0.496 e. The number of Topliss-reactive ketones (excluding diaryl/α,β-unsaturated/α-hetero) is 1. The van der Waals surface area contributed by atoms with Gasteiger partial charge in [-0.1, -0.05) is 32.0 Å². The zero-order valence-corrected chi connectivity index (χ0v) is 14.2. The number of nitrogens with zero attached hydrogens (tertiary/aromatic N) is 1. The predicted octanol–water partition coefficient (Wildman–Crippen LogP) is 3.28. The van der Waals surface area contributed by atoms with Gasteiger partial charge in [0.1, 0.15) is 5.75 Å². The first kappa shape index (κ1) is 15.8. The lowest BCUT2D eigenvalue weighted by atomic mass is 9.69.